The molecular formula is C18H21NO3. The molecule has 1 N–H and O–H groups in total. The van der Waals surface area contributed by atoms with Crippen molar-refractivity contribution in [3.05, 3.63) is 60.2 Å². The molecule has 116 valence electrons. The van der Waals surface area contributed by atoms with Crippen molar-refractivity contribution >= 4 is 0 Å². The van der Waals surface area contributed by atoms with E-state index in [0.717, 1.165) is 6.54 Å². The first-order valence-corrected chi connectivity index (χ1v) is 7.49. The molecule has 1 aliphatic heterocycles. The number of ether oxygens (including phenoxy) is 2. The van der Waals surface area contributed by atoms with Crippen molar-refractivity contribution in [1.82, 2.24) is 4.90 Å². The Morgan fingerprint density at radius 1 is 1.14 bits per heavy atom. The molecule has 4 heteroatoms. The second-order valence-electron chi connectivity index (χ2n) is 5.65. The van der Waals surface area contributed by atoms with Crippen molar-refractivity contribution in [2.45, 2.75) is 12.1 Å². The summed E-state index contributed by atoms with van der Waals surface area (Å²) in [5.74, 6) is 0.629. The summed E-state index contributed by atoms with van der Waals surface area (Å²) < 4.78 is 11.9. The maximum atomic E-state index is 10.0. The summed E-state index contributed by atoms with van der Waals surface area (Å²) in [6.45, 7) is 1.95. The maximum absolute atomic E-state index is 10.0. The highest BCUT2D eigenvalue weighted by Crippen LogP contribution is 2.33. The van der Waals surface area contributed by atoms with Gasteiger partial charge in [0.25, 0.3) is 0 Å². The van der Waals surface area contributed by atoms with Crippen LogP contribution in [0.2, 0.25) is 0 Å². The Balaban J connectivity index is 1.91. The van der Waals surface area contributed by atoms with E-state index in [9.17, 15) is 5.11 Å². The van der Waals surface area contributed by atoms with E-state index in [1.165, 1.54) is 5.56 Å². The average Bonchev–Trinajstić information content (AvgIpc) is 2.54. The first-order chi connectivity index (χ1) is 10.7. The van der Waals surface area contributed by atoms with Gasteiger partial charge in [0.2, 0.25) is 0 Å². The number of hydrogen-bond acceptors (Lipinski definition) is 4. The Labute approximate surface area is 130 Å². The van der Waals surface area contributed by atoms with Gasteiger partial charge in [-0.2, -0.15) is 0 Å². The zero-order chi connectivity index (χ0) is 15.4. The Morgan fingerprint density at radius 3 is 2.59 bits per heavy atom. The monoisotopic (exact) mass is 299 g/mol. The third-order valence-corrected chi connectivity index (χ3v) is 4.08. The van der Waals surface area contributed by atoms with E-state index in [1.54, 1.807) is 18.2 Å². The van der Waals surface area contributed by atoms with Crippen molar-refractivity contribution in [2.75, 3.05) is 26.8 Å². The van der Waals surface area contributed by atoms with E-state index in [2.05, 4.69) is 17.0 Å². The smallest absolute Gasteiger partial charge is 0.190 e. The third kappa shape index (κ3) is 3.08. The van der Waals surface area contributed by atoms with Crippen LogP contribution >= 0.6 is 0 Å². The lowest BCUT2D eigenvalue weighted by atomic mass is 10.0. The highest BCUT2D eigenvalue weighted by molar-refractivity contribution is 5.38. The van der Waals surface area contributed by atoms with Crippen LogP contribution in [0, 0.1) is 0 Å². The molecule has 0 bridgehead atoms. The van der Waals surface area contributed by atoms with Crippen LogP contribution in [0.5, 0.6) is 11.5 Å². The number of benzene rings is 2. The summed E-state index contributed by atoms with van der Waals surface area (Å²) in [6.07, 6.45) is 0.693. The summed E-state index contributed by atoms with van der Waals surface area (Å²) in [5.41, 5.74) is 0.564. The van der Waals surface area contributed by atoms with Crippen LogP contribution in [0.25, 0.3) is 0 Å². The van der Waals surface area contributed by atoms with Crippen molar-refractivity contribution < 1.29 is 14.6 Å². The standard InChI is InChI=1S/C18H21NO3/c1-19-11-12-21-14-18(19,13-15-7-3-2-4-8-15)22-17-10-6-5-9-16(17)20/h2-10,20H,11-14H2,1H3. The number of morpholine rings is 1. The van der Waals surface area contributed by atoms with Gasteiger partial charge in [-0.1, -0.05) is 42.5 Å². The van der Waals surface area contributed by atoms with Crippen molar-refractivity contribution in [1.29, 1.82) is 0 Å². The molecule has 1 saturated heterocycles. The first kappa shape index (κ1) is 14.9. The van der Waals surface area contributed by atoms with E-state index in [1.807, 2.05) is 31.3 Å². The zero-order valence-electron chi connectivity index (χ0n) is 12.7. The highest BCUT2D eigenvalue weighted by Gasteiger charge is 2.40. The molecule has 2 aromatic carbocycles. The van der Waals surface area contributed by atoms with Crippen molar-refractivity contribution in [3.8, 4) is 11.5 Å². The molecule has 1 unspecified atom stereocenters. The quantitative estimate of drug-likeness (QED) is 0.942. The predicted molar refractivity (Wildman–Crippen MR) is 85.1 cm³/mol. The molecule has 22 heavy (non-hydrogen) atoms. The summed E-state index contributed by atoms with van der Waals surface area (Å²) in [7, 11) is 2.03. The number of rotatable bonds is 4. The molecule has 1 aliphatic rings. The lowest BCUT2D eigenvalue weighted by molar-refractivity contribution is -0.162. The van der Waals surface area contributed by atoms with Gasteiger partial charge in [0, 0.05) is 13.0 Å². The molecule has 1 atom stereocenters. The fourth-order valence-corrected chi connectivity index (χ4v) is 2.74. The minimum Gasteiger partial charge on any atom is -0.504 e. The van der Waals surface area contributed by atoms with Gasteiger partial charge >= 0.3 is 0 Å². The van der Waals surface area contributed by atoms with Crippen molar-refractivity contribution in [3.63, 3.8) is 0 Å². The average molecular weight is 299 g/mol. The minimum absolute atomic E-state index is 0.147. The first-order valence-electron chi connectivity index (χ1n) is 7.49. The zero-order valence-corrected chi connectivity index (χ0v) is 12.7. The number of hydrogen-bond donors (Lipinski definition) is 1. The normalized spacial score (nSPS) is 22.4. The van der Waals surface area contributed by atoms with Crippen LogP contribution in [0.3, 0.4) is 0 Å². The van der Waals surface area contributed by atoms with Gasteiger partial charge in [-0.25, -0.2) is 0 Å². The topological polar surface area (TPSA) is 41.9 Å². The van der Waals surface area contributed by atoms with Gasteiger partial charge in [-0.05, 0) is 24.7 Å². The van der Waals surface area contributed by atoms with Crippen LogP contribution in [0.15, 0.2) is 54.6 Å². The fourth-order valence-electron chi connectivity index (χ4n) is 2.74. The van der Waals surface area contributed by atoms with Crippen molar-refractivity contribution in [2.24, 2.45) is 0 Å². The Kier molecular flexibility index (Phi) is 4.32. The largest absolute Gasteiger partial charge is 0.504 e. The van der Waals surface area contributed by atoms with Gasteiger partial charge in [0.15, 0.2) is 17.2 Å². The predicted octanol–water partition coefficient (Wildman–Crippen LogP) is 2.67. The molecule has 1 heterocycles. The maximum Gasteiger partial charge on any atom is 0.190 e. The van der Waals surface area contributed by atoms with E-state index < -0.39 is 5.72 Å². The number of para-hydroxylation sites is 2. The van der Waals surface area contributed by atoms with Crippen LogP contribution < -0.4 is 4.74 Å². The molecule has 3 rings (SSSR count). The number of aromatic hydroxyl groups is 1. The van der Waals surface area contributed by atoms with Crippen LogP contribution in [-0.2, 0) is 11.2 Å². The number of phenolic OH excluding ortho intramolecular Hbond substituents is 1. The summed E-state index contributed by atoms with van der Waals surface area (Å²) >= 11 is 0. The van der Waals surface area contributed by atoms with Gasteiger partial charge in [0.1, 0.15) is 6.61 Å². The molecule has 0 spiro atoms. The Hall–Kier alpha value is -2.04. The van der Waals surface area contributed by atoms with Gasteiger partial charge in [-0.3, -0.25) is 4.90 Å². The van der Waals surface area contributed by atoms with Gasteiger partial charge in [0.05, 0.1) is 6.61 Å². The lowest BCUT2D eigenvalue weighted by Crippen LogP contribution is -2.60. The Bertz CT molecular complexity index is 617. The van der Waals surface area contributed by atoms with E-state index in [0.29, 0.717) is 25.4 Å². The number of phenols is 1. The van der Waals surface area contributed by atoms with E-state index in [-0.39, 0.29) is 5.75 Å². The van der Waals surface area contributed by atoms with Crippen LogP contribution in [0.4, 0.5) is 0 Å². The molecule has 2 aromatic rings. The third-order valence-electron chi connectivity index (χ3n) is 4.08. The summed E-state index contributed by atoms with van der Waals surface area (Å²) in [6, 6.07) is 17.3. The Morgan fingerprint density at radius 2 is 1.86 bits per heavy atom. The molecule has 4 nitrogen and oxygen atoms in total. The molecule has 0 aromatic heterocycles. The highest BCUT2D eigenvalue weighted by atomic mass is 16.6. The van der Waals surface area contributed by atoms with Gasteiger partial charge < -0.3 is 14.6 Å². The molecule has 1 fully saturated rings. The SMILES string of the molecule is CN1CCOCC1(Cc1ccccc1)Oc1ccccc1O. The number of likely N-dealkylation sites (N-methyl/N-ethyl adjacent to an activating group) is 1. The number of nitrogens with zero attached hydrogens (tertiary/aromatic N) is 1. The summed E-state index contributed by atoms with van der Waals surface area (Å²) in [5, 5.41) is 10.0. The fraction of sp³-hybridized carbons (Fsp3) is 0.333. The second kappa shape index (κ2) is 6.38. The second-order valence-corrected chi connectivity index (χ2v) is 5.65. The molecule has 0 saturated carbocycles. The summed E-state index contributed by atoms with van der Waals surface area (Å²) in [4.78, 5) is 2.16. The van der Waals surface area contributed by atoms with Gasteiger partial charge in [-0.15, -0.1) is 0 Å². The molecular weight excluding hydrogens is 278 g/mol. The van der Waals surface area contributed by atoms with E-state index >= 15 is 0 Å². The van der Waals surface area contributed by atoms with Crippen LogP contribution in [-0.4, -0.2) is 42.5 Å². The molecule has 0 aliphatic carbocycles. The molecule has 0 amide bonds. The lowest BCUT2D eigenvalue weighted by Gasteiger charge is -2.44. The minimum atomic E-state index is -0.613. The van der Waals surface area contributed by atoms with E-state index in [4.69, 9.17) is 9.47 Å². The van der Waals surface area contributed by atoms with Crippen LogP contribution in [0.1, 0.15) is 5.56 Å². The molecule has 0 radical (unpaired) electrons.